The maximum absolute atomic E-state index is 12.0. The first kappa shape index (κ1) is 14.1. The highest BCUT2D eigenvalue weighted by Crippen LogP contribution is 2.47. The Kier molecular flexibility index (Phi) is 3.92. The van der Waals surface area contributed by atoms with Crippen LogP contribution in [0, 0.1) is 0 Å². The number of thioether (sulfide) groups is 1. The van der Waals surface area contributed by atoms with Crippen LogP contribution in [0.4, 0.5) is 0 Å². The quantitative estimate of drug-likeness (QED) is 0.786. The number of benzene rings is 1. The summed E-state index contributed by atoms with van der Waals surface area (Å²) in [6, 6.07) is 5.64. The van der Waals surface area contributed by atoms with Crippen molar-refractivity contribution >= 4 is 23.6 Å². The zero-order chi connectivity index (χ0) is 14.8. The molecule has 1 fully saturated rings. The summed E-state index contributed by atoms with van der Waals surface area (Å²) in [6.45, 7) is 0.535. The fraction of sp³-hybridized carbons (Fsp3) is 0.429. The molecule has 0 spiro atoms. The summed E-state index contributed by atoms with van der Waals surface area (Å²) >= 11 is 1.53. The monoisotopic (exact) mass is 309 g/mol. The number of carbonyl (C=O) groups is 2. The molecule has 0 N–H and O–H groups in total. The van der Waals surface area contributed by atoms with Crippen molar-refractivity contribution in [1.29, 1.82) is 0 Å². The third-order valence-corrected chi connectivity index (χ3v) is 4.68. The molecule has 0 aliphatic carbocycles. The number of rotatable bonds is 4. The number of nitrogens with zero attached hydrogens (tertiary/aromatic N) is 1. The molecule has 1 unspecified atom stereocenters. The molecule has 21 heavy (non-hydrogen) atoms. The topological polar surface area (TPSA) is 65.1 Å². The van der Waals surface area contributed by atoms with Gasteiger partial charge in [0.25, 0.3) is 0 Å². The van der Waals surface area contributed by atoms with Crippen molar-refractivity contribution in [2.75, 3.05) is 26.2 Å². The lowest BCUT2D eigenvalue weighted by molar-refractivity contribution is -0.141. The van der Waals surface area contributed by atoms with Crippen molar-refractivity contribution < 1.29 is 23.8 Å². The van der Waals surface area contributed by atoms with Gasteiger partial charge < -0.3 is 19.1 Å². The predicted octanol–water partition coefficient (Wildman–Crippen LogP) is 1.55. The number of hydrogen-bond acceptors (Lipinski definition) is 6. The summed E-state index contributed by atoms with van der Waals surface area (Å²) in [5.74, 6) is 1.48. The van der Waals surface area contributed by atoms with Crippen LogP contribution in [0.2, 0.25) is 0 Å². The van der Waals surface area contributed by atoms with Gasteiger partial charge in [-0.3, -0.25) is 9.59 Å². The number of amides is 1. The Hall–Kier alpha value is -1.89. The minimum Gasteiger partial charge on any atom is -0.469 e. The predicted molar refractivity (Wildman–Crippen MR) is 76.1 cm³/mol. The van der Waals surface area contributed by atoms with E-state index in [1.807, 2.05) is 18.2 Å². The van der Waals surface area contributed by atoms with Gasteiger partial charge in [0.2, 0.25) is 12.7 Å². The average molecular weight is 309 g/mol. The molecule has 0 radical (unpaired) electrons. The molecule has 2 aliphatic heterocycles. The van der Waals surface area contributed by atoms with Crippen LogP contribution in [-0.2, 0) is 14.3 Å². The molecule has 1 aromatic carbocycles. The summed E-state index contributed by atoms with van der Waals surface area (Å²) in [5, 5.41) is -0.154. The standard InChI is InChI=1S/C14H15NO5S/c1-18-12(17)5-6-15-11(16)7-21-14(15)9-3-2-4-10-13(9)20-8-19-10/h2-4,14H,5-8H2,1H3. The fourth-order valence-corrected chi connectivity index (χ4v) is 3.65. The highest BCUT2D eigenvalue weighted by atomic mass is 32.2. The number of esters is 1. The Bertz CT molecular complexity index is 576. The van der Waals surface area contributed by atoms with Gasteiger partial charge in [0.1, 0.15) is 5.37 Å². The van der Waals surface area contributed by atoms with E-state index in [1.165, 1.54) is 18.9 Å². The van der Waals surface area contributed by atoms with Crippen LogP contribution in [0.15, 0.2) is 18.2 Å². The van der Waals surface area contributed by atoms with Crippen molar-refractivity contribution in [3.05, 3.63) is 23.8 Å². The molecule has 1 amide bonds. The van der Waals surface area contributed by atoms with Crippen LogP contribution in [0.25, 0.3) is 0 Å². The number of hydrogen-bond donors (Lipinski definition) is 0. The van der Waals surface area contributed by atoms with Crippen LogP contribution < -0.4 is 9.47 Å². The van der Waals surface area contributed by atoms with E-state index in [-0.39, 0.29) is 30.5 Å². The lowest BCUT2D eigenvalue weighted by Gasteiger charge is -2.24. The lowest BCUT2D eigenvalue weighted by Crippen LogP contribution is -2.30. The van der Waals surface area contributed by atoms with E-state index < -0.39 is 0 Å². The Morgan fingerprint density at radius 1 is 1.48 bits per heavy atom. The molecule has 7 heteroatoms. The summed E-state index contributed by atoms with van der Waals surface area (Å²) in [6.07, 6.45) is 0.186. The molecule has 1 atom stereocenters. The van der Waals surface area contributed by atoms with Gasteiger partial charge in [-0.05, 0) is 6.07 Å². The smallest absolute Gasteiger partial charge is 0.307 e. The molecule has 2 aliphatic rings. The SMILES string of the molecule is COC(=O)CCN1C(=O)CSC1c1cccc2c1OCO2. The molecule has 6 nitrogen and oxygen atoms in total. The van der Waals surface area contributed by atoms with E-state index >= 15 is 0 Å². The maximum Gasteiger partial charge on any atom is 0.307 e. The first-order chi connectivity index (χ1) is 10.2. The van der Waals surface area contributed by atoms with Crippen LogP contribution in [0.5, 0.6) is 11.5 Å². The van der Waals surface area contributed by atoms with E-state index in [1.54, 1.807) is 4.90 Å². The van der Waals surface area contributed by atoms with Crippen LogP contribution >= 0.6 is 11.8 Å². The highest BCUT2D eigenvalue weighted by Gasteiger charge is 2.36. The Morgan fingerprint density at radius 3 is 3.14 bits per heavy atom. The van der Waals surface area contributed by atoms with Crippen molar-refractivity contribution in [1.82, 2.24) is 4.90 Å². The van der Waals surface area contributed by atoms with Gasteiger partial charge in [-0.25, -0.2) is 0 Å². The molecule has 3 rings (SSSR count). The van der Waals surface area contributed by atoms with Gasteiger partial charge in [0, 0.05) is 12.1 Å². The average Bonchev–Trinajstić information content (AvgIpc) is 3.11. The number of para-hydroxylation sites is 1. The van der Waals surface area contributed by atoms with E-state index in [4.69, 9.17) is 9.47 Å². The Balaban J connectivity index is 1.82. The van der Waals surface area contributed by atoms with Gasteiger partial charge in [-0.2, -0.15) is 0 Å². The molecule has 1 aromatic rings. The second-order valence-electron chi connectivity index (χ2n) is 4.66. The van der Waals surface area contributed by atoms with Gasteiger partial charge in [-0.15, -0.1) is 11.8 Å². The largest absolute Gasteiger partial charge is 0.469 e. The van der Waals surface area contributed by atoms with Gasteiger partial charge in [-0.1, -0.05) is 12.1 Å². The van der Waals surface area contributed by atoms with Crippen LogP contribution in [0.1, 0.15) is 17.4 Å². The molecule has 0 bridgehead atoms. The van der Waals surface area contributed by atoms with E-state index in [0.717, 1.165) is 5.56 Å². The van der Waals surface area contributed by atoms with Crippen molar-refractivity contribution in [2.45, 2.75) is 11.8 Å². The summed E-state index contributed by atoms with van der Waals surface area (Å²) in [4.78, 5) is 25.0. The number of ether oxygens (including phenoxy) is 3. The van der Waals surface area contributed by atoms with Crippen molar-refractivity contribution in [3.63, 3.8) is 0 Å². The van der Waals surface area contributed by atoms with Crippen molar-refractivity contribution in [2.24, 2.45) is 0 Å². The third-order valence-electron chi connectivity index (χ3n) is 3.45. The van der Waals surface area contributed by atoms with Gasteiger partial charge in [0.05, 0.1) is 19.3 Å². The van der Waals surface area contributed by atoms with Crippen LogP contribution in [0.3, 0.4) is 0 Å². The minimum atomic E-state index is -0.323. The fourth-order valence-electron chi connectivity index (χ4n) is 2.41. The third kappa shape index (κ3) is 2.65. The van der Waals surface area contributed by atoms with E-state index in [0.29, 0.717) is 23.8 Å². The Morgan fingerprint density at radius 2 is 2.33 bits per heavy atom. The second-order valence-corrected chi connectivity index (χ2v) is 5.73. The normalized spacial score (nSPS) is 20.0. The molecule has 0 aromatic heterocycles. The highest BCUT2D eigenvalue weighted by molar-refractivity contribution is 8.00. The molecule has 112 valence electrons. The molecule has 1 saturated heterocycles. The van der Waals surface area contributed by atoms with Crippen molar-refractivity contribution in [3.8, 4) is 11.5 Å². The van der Waals surface area contributed by atoms with Gasteiger partial charge >= 0.3 is 5.97 Å². The van der Waals surface area contributed by atoms with Gasteiger partial charge in [0.15, 0.2) is 11.5 Å². The van der Waals surface area contributed by atoms with E-state index in [2.05, 4.69) is 4.74 Å². The number of carbonyl (C=O) groups excluding carboxylic acids is 2. The zero-order valence-electron chi connectivity index (χ0n) is 11.5. The molecule has 2 heterocycles. The van der Waals surface area contributed by atoms with Crippen LogP contribution in [-0.4, -0.2) is 43.0 Å². The summed E-state index contributed by atoms with van der Waals surface area (Å²) in [7, 11) is 1.34. The number of methoxy groups -OCH3 is 1. The zero-order valence-corrected chi connectivity index (χ0v) is 12.4. The molecule has 0 saturated carbocycles. The molecular formula is C14H15NO5S. The first-order valence-electron chi connectivity index (χ1n) is 6.57. The minimum absolute atomic E-state index is 0.0189. The van der Waals surface area contributed by atoms with E-state index in [9.17, 15) is 9.59 Å². The number of fused-ring (bicyclic) bond motifs is 1. The first-order valence-corrected chi connectivity index (χ1v) is 7.62. The Labute approximate surface area is 126 Å². The molecular weight excluding hydrogens is 294 g/mol. The summed E-state index contributed by atoms with van der Waals surface area (Å²) in [5.41, 5.74) is 0.908. The lowest BCUT2D eigenvalue weighted by atomic mass is 10.1. The maximum atomic E-state index is 12.0. The second kappa shape index (κ2) is 5.85. The summed E-state index contributed by atoms with van der Waals surface area (Å²) < 4.78 is 15.5.